The lowest BCUT2D eigenvalue weighted by atomic mass is 10.2. The van der Waals surface area contributed by atoms with Crippen LogP contribution >= 0.6 is 0 Å². The van der Waals surface area contributed by atoms with Crippen LogP contribution in [0.4, 0.5) is 5.69 Å². The van der Waals surface area contributed by atoms with Crippen molar-refractivity contribution < 1.29 is 9.21 Å². The summed E-state index contributed by atoms with van der Waals surface area (Å²) in [4.78, 5) is 16.1. The Labute approximate surface area is 118 Å². The minimum absolute atomic E-state index is 0.0506. The number of hydrogen-bond donors (Lipinski definition) is 2. The number of rotatable bonds is 6. The number of oxazole rings is 1. The zero-order chi connectivity index (χ0) is 14.5. The maximum absolute atomic E-state index is 11.7. The van der Waals surface area contributed by atoms with Gasteiger partial charge in [-0.2, -0.15) is 0 Å². The van der Waals surface area contributed by atoms with Gasteiger partial charge in [0.05, 0.1) is 6.54 Å². The third-order valence-electron chi connectivity index (χ3n) is 2.89. The molecule has 5 heteroatoms. The second-order valence-corrected chi connectivity index (χ2v) is 5.11. The van der Waals surface area contributed by atoms with Gasteiger partial charge in [0.1, 0.15) is 5.52 Å². The van der Waals surface area contributed by atoms with Gasteiger partial charge in [-0.3, -0.25) is 4.79 Å². The van der Waals surface area contributed by atoms with Gasteiger partial charge < -0.3 is 15.1 Å². The minimum atomic E-state index is -0.0506. The Hall–Kier alpha value is -1.88. The van der Waals surface area contributed by atoms with Crippen molar-refractivity contribution in [2.45, 2.75) is 33.1 Å². The summed E-state index contributed by atoms with van der Waals surface area (Å²) in [6.07, 6.45) is 1.01. The SMILES string of the molecule is CCCNCC(=O)Nc1ccc2oc(C(C)C)nc2c1. The Morgan fingerprint density at radius 1 is 1.40 bits per heavy atom. The summed E-state index contributed by atoms with van der Waals surface area (Å²) in [5.41, 5.74) is 2.26. The lowest BCUT2D eigenvalue weighted by molar-refractivity contribution is -0.115. The van der Waals surface area contributed by atoms with Gasteiger partial charge in [-0.25, -0.2) is 4.98 Å². The molecule has 0 bridgehead atoms. The van der Waals surface area contributed by atoms with E-state index < -0.39 is 0 Å². The molecule has 0 unspecified atom stereocenters. The average molecular weight is 275 g/mol. The van der Waals surface area contributed by atoms with Gasteiger partial charge in [0.2, 0.25) is 5.91 Å². The second kappa shape index (κ2) is 6.52. The number of anilines is 1. The van der Waals surface area contributed by atoms with Crippen molar-refractivity contribution in [2.75, 3.05) is 18.4 Å². The van der Waals surface area contributed by atoms with Gasteiger partial charge in [-0.05, 0) is 31.2 Å². The molecule has 0 aliphatic heterocycles. The van der Waals surface area contributed by atoms with Crippen LogP contribution in [0.2, 0.25) is 0 Å². The van der Waals surface area contributed by atoms with Gasteiger partial charge in [0.15, 0.2) is 11.5 Å². The van der Waals surface area contributed by atoms with Crippen LogP contribution in [-0.4, -0.2) is 24.0 Å². The molecular weight excluding hydrogens is 254 g/mol. The van der Waals surface area contributed by atoms with Crippen molar-refractivity contribution in [3.8, 4) is 0 Å². The van der Waals surface area contributed by atoms with Crippen LogP contribution in [0.15, 0.2) is 22.6 Å². The Kier molecular flexibility index (Phi) is 4.74. The van der Waals surface area contributed by atoms with E-state index in [1.807, 2.05) is 32.0 Å². The summed E-state index contributed by atoms with van der Waals surface area (Å²) in [6, 6.07) is 5.50. The van der Waals surface area contributed by atoms with Crippen LogP contribution in [0.5, 0.6) is 0 Å². The second-order valence-electron chi connectivity index (χ2n) is 5.11. The number of nitrogens with zero attached hydrogens (tertiary/aromatic N) is 1. The molecule has 0 fully saturated rings. The molecule has 0 aliphatic rings. The van der Waals surface area contributed by atoms with Crippen molar-refractivity contribution in [1.82, 2.24) is 10.3 Å². The summed E-state index contributed by atoms with van der Waals surface area (Å²) in [7, 11) is 0. The molecule has 108 valence electrons. The third-order valence-corrected chi connectivity index (χ3v) is 2.89. The van der Waals surface area contributed by atoms with E-state index in [1.165, 1.54) is 0 Å². The van der Waals surface area contributed by atoms with Crippen LogP contribution in [0.25, 0.3) is 11.1 Å². The van der Waals surface area contributed by atoms with Crippen LogP contribution in [0.1, 0.15) is 39.0 Å². The maximum atomic E-state index is 11.7. The lowest BCUT2D eigenvalue weighted by Gasteiger charge is -2.05. The first-order valence-corrected chi connectivity index (χ1v) is 7.01. The first kappa shape index (κ1) is 14.5. The number of nitrogens with one attached hydrogen (secondary N) is 2. The van der Waals surface area contributed by atoms with Crippen molar-refractivity contribution in [1.29, 1.82) is 0 Å². The highest BCUT2D eigenvalue weighted by atomic mass is 16.3. The normalized spacial score (nSPS) is 11.2. The van der Waals surface area contributed by atoms with Gasteiger partial charge in [-0.15, -0.1) is 0 Å². The van der Waals surface area contributed by atoms with Gasteiger partial charge in [0, 0.05) is 11.6 Å². The fourth-order valence-electron chi connectivity index (χ4n) is 1.85. The molecule has 1 aromatic heterocycles. The molecule has 1 heterocycles. The summed E-state index contributed by atoms with van der Waals surface area (Å²) in [5, 5.41) is 5.91. The Balaban J connectivity index is 2.05. The predicted octanol–water partition coefficient (Wildman–Crippen LogP) is 2.89. The lowest BCUT2D eigenvalue weighted by Crippen LogP contribution is -2.28. The number of benzene rings is 1. The third kappa shape index (κ3) is 3.57. The zero-order valence-electron chi connectivity index (χ0n) is 12.2. The first-order valence-electron chi connectivity index (χ1n) is 7.01. The highest BCUT2D eigenvalue weighted by Gasteiger charge is 2.10. The number of hydrogen-bond acceptors (Lipinski definition) is 4. The van der Waals surface area contributed by atoms with E-state index in [2.05, 4.69) is 22.5 Å². The maximum Gasteiger partial charge on any atom is 0.238 e. The average Bonchev–Trinajstić information content (AvgIpc) is 2.82. The molecule has 0 saturated heterocycles. The smallest absolute Gasteiger partial charge is 0.238 e. The standard InChI is InChI=1S/C15H21N3O2/c1-4-7-16-9-14(19)17-11-5-6-13-12(8-11)18-15(20-13)10(2)3/h5-6,8,10,16H,4,7,9H2,1-3H3,(H,17,19). The van der Waals surface area contributed by atoms with Crippen molar-refractivity contribution >= 4 is 22.7 Å². The van der Waals surface area contributed by atoms with Crippen molar-refractivity contribution in [2.24, 2.45) is 0 Å². The number of fused-ring (bicyclic) bond motifs is 1. The number of carbonyl (C=O) groups excluding carboxylic acids is 1. The summed E-state index contributed by atoms with van der Waals surface area (Å²) >= 11 is 0. The monoisotopic (exact) mass is 275 g/mol. The van der Waals surface area contributed by atoms with E-state index in [1.54, 1.807) is 0 Å². The van der Waals surface area contributed by atoms with E-state index in [0.29, 0.717) is 12.4 Å². The highest BCUT2D eigenvalue weighted by Crippen LogP contribution is 2.23. The molecule has 5 nitrogen and oxygen atoms in total. The van der Waals surface area contributed by atoms with Crippen molar-refractivity contribution in [3.05, 3.63) is 24.1 Å². The molecule has 2 rings (SSSR count). The molecule has 2 aromatic rings. The predicted molar refractivity (Wildman–Crippen MR) is 79.9 cm³/mol. The largest absolute Gasteiger partial charge is 0.440 e. The van der Waals surface area contributed by atoms with Crippen LogP contribution in [0, 0.1) is 0 Å². The molecule has 0 spiro atoms. The molecule has 0 aliphatic carbocycles. The number of amides is 1. The molecule has 0 radical (unpaired) electrons. The Bertz CT molecular complexity index is 590. The first-order chi connectivity index (χ1) is 9.60. The zero-order valence-corrected chi connectivity index (χ0v) is 12.2. The molecule has 1 amide bonds. The van der Waals surface area contributed by atoms with Crippen LogP contribution in [-0.2, 0) is 4.79 Å². The molecular formula is C15H21N3O2. The van der Waals surface area contributed by atoms with Gasteiger partial charge in [-0.1, -0.05) is 20.8 Å². The molecule has 0 atom stereocenters. The number of aromatic nitrogens is 1. The van der Waals surface area contributed by atoms with E-state index in [4.69, 9.17) is 4.42 Å². The van der Waals surface area contributed by atoms with Crippen LogP contribution < -0.4 is 10.6 Å². The summed E-state index contributed by atoms with van der Waals surface area (Å²) < 4.78 is 5.63. The number of carbonyl (C=O) groups is 1. The van der Waals surface area contributed by atoms with E-state index in [-0.39, 0.29) is 11.8 Å². The molecule has 0 saturated carbocycles. The van der Waals surface area contributed by atoms with Crippen LogP contribution in [0.3, 0.4) is 0 Å². The summed E-state index contributed by atoms with van der Waals surface area (Å²) in [5.74, 6) is 0.914. The van der Waals surface area contributed by atoms with Gasteiger partial charge >= 0.3 is 0 Å². The van der Waals surface area contributed by atoms with E-state index in [9.17, 15) is 4.79 Å². The summed E-state index contributed by atoms with van der Waals surface area (Å²) in [6.45, 7) is 7.30. The van der Waals surface area contributed by atoms with E-state index >= 15 is 0 Å². The minimum Gasteiger partial charge on any atom is -0.440 e. The Morgan fingerprint density at radius 2 is 2.20 bits per heavy atom. The molecule has 20 heavy (non-hydrogen) atoms. The van der Waals surface area contributed by atoms with Gasteiger partial charge in [0.25, 0.3) is 0 Å². The van der Waals surface area contributed by atoms with E-state index in [0.717, 1.165) is 29.8 Å². The molecule has 2 N–H and O–H groups in total. The highest BCUT2D eigenvalue weighted by molar-refractivity contribution is 5.94. The topological polar surface area (TPSA) is 67.2 Å². The fourth-order valence-corrected chi connectivity index (χ4v) is 1.85. The van der Waals surface area contributed by atoms with Crippen molar-refractivity contribution in [3.63, 3.8) is 0 Å². The fraction of sp³-hybridized carbons (Fsp3) is 0.467. The quantitative estimate of drug-likeness (QED) is 0.795. The molecule has 1 aromatic carbocycles. The Morgan fingerprint density at radius 3 is 2.90 bits per heavy atom.